The Bertz CT molecular complexity index is 645. The van der Waals surface area contributed by atoms with Gasteiger partial charge in [-0.2, -0.15) is 0 Å². The normalized spacial score (nSPS) is 26.9. The van der Waals surface area contributed by atoms with Gasteiger partial charge in [0, 0.05) is 30.6 Å². The molecular weight excluding hydrogens is 292 g/mol. The lowest BCUT2D eigenvalue weighted by Crippen LogP contribution is -2.48. The molecule has 122 valence electrons. The number of furan rings is 1. The molecule has 2 heterocycles. The number of carbonyl (C=O) groups excluding carboxylic acids is 2. The van der Waals surface area contributed by atoms with Crippen molar-refractivity contribution in [1.29, 1.82) is 0 Å². The van der Waals surface area contributed by atoms with Crippen LogP contribution in [0.15, 0.2) is 34.6 Å². The van der Waals surface area contributed by atoms with Crippen molar-refractivity contribution in [3.8, 4) is 0 Å². The summed E-state index contributed by atoms with van der Waals surface area (Å²) in [6.07, 6.45) is 9.59. The first-order valence-electron chi connectivity index (χ1n) is 8.51. The first kappa shape index (κ1) is 14.5. The smallest absolute Gasteiger partial charge is 0.287 e. The van der Waals surface area contributed by atoms with E-state index in [9.17, 15) is 9.59 Å². The molecule has 1 aromatic heterocycles. The highest BCUT2D eigenvalue weighted by molar-refractivity contribution is 5.91. The maximum Gasteiger partial charge on any atom is 0.287 e. The third-order valence-electron chi connectivity index (χ3n) is 5.38. The quantitative estimate of drug-likeness (QED) is 0.909. The molecule has 1 saturated heterocycles. The minimum atomic E-state index is -0.179. The van der Waals surface area contributed by atoms with Gasteiger partial charge in [-0.3, -0.25) is 9.59 Å². The zero-order valence-corrected chi connectivity index (χ0v) is 13.2. The molecule has 0 spiro atoms. The predicted octanol–water partition coefficient (Wildman–Crippen LogP) is 2.71. The summed E-state index contributed by atoms with van der Waals surface area (Å²) in [5.41, 5.74) is 1.07. The molecule has 1 aliphatic heterocycles. The molecule has 2 amide bonds. The topological polar surface area (TPSA) is 62.6 Å². The number of hydrogen-bond acceptors (Lipinski definition) is 3. The largest absolute Gasteiger partial charge is 0.459 e. The molecule has 1 saturated carbocycles. The monoisotopic (exact) mass is 314 g/mol. The fraction of sp³-hybridized carbons (Fsp3) is 0.556. The Hall–Kier alpha value is -2.04. The number of amides is 2. The van der Waals surface area contributed by atoms with E-state index < -0.39 is 0 Å². The molecule has 4 rings (SSSR count). The molecule has 1 N–H and O–H groups in total. The van der Waals surface area contributed by atoms with Gasteiger partial charge in [0.1, 0.15) is 0 Å². The summed E-state index contributed by atoms with van der Waals surface area (Å²) in [6, 6.07) is 3.38. The van der Waals surface area contributed by atoms with Gasteiger partial charge in [0.15, 0.2) is 5.76 Å². The average molecular weight is 314 g/mol. The molecule has 3 aliphatic rings. The van der Waals surface area contributed by atoms with E-state index in [1.165, 1.54) is 19.1 Å². The van der Waals surface area contributed by atoms with Gasteiger partial charge in [0.2, 0.25) is 5.91 Å². The summed E-state index contributed by atoms with van der Waals surface area (Å²) >= 11 is 0. The standard InChI is InChI=1S/C18H22N2O3/c21-16-7-9-18(12-19-17(22)14-3-2-10-23-14)8-1-4-15(18)20(16)11-13-5-6-13/h2-4,10,13H,1,5-9,11-12H2,(H,19,22). The Kier molecular flexibility index (Phi) is 3.51. The zero-order chi connectivity index (χ0) is 15.9. The molecule has 5 nitrogen and oxygen atoms in total. The van der Waals surface area contributed by atoms with E-state index in [2.05, 4.69) is 11.4 Å². The van der Waals surface area contributed by atoms with Gasteiger partial charge in [-0.1, -0.05) is 6.08 Å². The number of fused-ring (bicyclic) bond motifs is 1. The van der Waals surface area contributed by atoms with Crippen molar-refractivity contribution < 1.29 is 14.0 Å². The zero-order valence-electron chi connectivity index (χ0n) is 13.2. The van der Waals surface area contributed by atoms with E-state index >= 15 is 0 Å². The third kappa shape index (κ3) is 2.69. The second-order valence-corrected chi connectivity index (χ2v) is 7.02. The van der Waals surface area contributed by atoms with Crippen LogP contribution in [0.5, 0.6) is 0 Å². The number of rotatable bonds is 5. The summed E-state index contributed by atoms with van der Waals surface area (Å²) in [5, 5.41) is 3.01. The van der Waals surface area contributed by atoms with Crippen molar-refractivity contribution in [2.24, 2.45) is 11.3 Å². The van der Waals surface area contributed by atoms with Crippen LogP contribution in [0.1, 0.15) is 49.1 Å². The minimum Gasteiger partial charge on any atom is -0.459 e. The fourth-order valence-electron chi connectivity index (χ4n) is 3.87. The summed E-state index contributed by atoms with van der Waals surface area (Å²) < 4.78 is 5.15. The van der Waals surface area contributed by atoms with Crippen LogP contribution in [0.25, 0.3) is 0 Å². The molecule has 0 aromatic carbocycles. The van der Waals surface area contributed by atoms with Crippen molar-refractivity contribution in [2.45, 2.75) is 38.5 Å². The molecule has 0 radical (unpaired) electrons. The van der Waals surface area contributed by atoms with Crippen molar-refractivity contribution in [3.05, 3.63) is 35.9 Å². The second-order valence-electron chi connectivity index (χ2n) is 7.02. The van der Waals surface area contributed by atoms with E-state index in [0.717, 1.165) is 31.5 Å². The lowest BCUT2D eigenvalue weighted by molar-refractivity contribution is -0.133. The predicted molar refractivity (Wildman–Crippen MR) is 84.5 cm³/mol. The van der Waals surface area contributed by atoms with Gasteiger partial charge in [-0.15, -0.1) is 0 Å². The highest BCUT2D eigenvalue weighted by Crippen LogP contribution is 2.48. The first-order valence-corrected chi connectivity index (χ1v) is 8.51. The van der Waals surface area contributed by atoms with Gasteiger partial charge in [-0.05, 0) is 50.2 Å². The van der Waals surface area contributed by atoms with Crippen LogP contribution in [0.4, 0.5) is 0 Å². The van der Waals surface area contributed by atoms with E-state index in [4.69, 9.17) is 4.42 Å². The van der Waals surface area contributed by atoms with Crippen LogP contribution >= 0.6 is 0 Å². The lowest BCUT2D eigenvalue weighted by Gasteiger charge is -2.42. The van der Waals surface area contributed by atoms with Gasteiger partial charge < -0.3 is 14.6 Å². The van der Waals surface area contributed by atoms with Gasteiger partial charge in [-0.25, -0.2) is 0 Å². The van der Waals surface area contributed by atoms with Crippen molar-refractivity contribution >= 4 is 11.8 Å². The summed E-state index contributed by atoms with van der Waals surface area (Å²) in [4.78, 5) is 26.5. The van der Waals surface area contributed by atoms with Crippen LogP contribution in [0.2, 0.25) is 0 Å². The Morgan fingerprint density at radius 1 is 1.39 bits per heavy atom. The summed E-state index contributed by atoms with van der Waals surface area (Å²) in [7, 11) is 0. The van der Waals surface area contributed by atoms with E-state index in [1.807, 2.05) is 4.90 Å². The first-order chi connectivity index (χ1) is 11.2. The molecular formula is C18H22N2O3. The lowest BCUT2D eigenvalue weighted by atomic mass is 9.76. The van der Waals surface area contributed by atoms with E-state index in [1.54, 1.807) is 12.1 Å². The number of nitrogens with zero attached hydrogens (tertiary/aromatic N) is 1. The van der Waals surface area contributed by atoms with Gasteiger partial charge in [0.05, 0.1) is 6.26 Å². The van der Waals surface area contributed by atoms with Crippen molar-refractivity contribution in [2.75, 3.05) is 13.1 Å². The average Bonchev–Trinajstić information content (AvgIpc) is 3.04. The minimum absolute atomic E-state index is 0.0783. The Labute approximate surface area is 135 Å². The number of allylic oxidation sites excluding steroid dienone is 1. The van der Waals surface area contributed by atoms with Crippen LogP contribution in [0, 0.1) is 11.3 Å². The molecule has 1 atom stereocenters. The molecule has 23 heavy (non-hydrogen) atoms. The van der Waals surface area contributed by atoms with Crippen LogP contribution in [-0.2, 0) is 4.79 Å². The maximum absolute atomic E-state index is 12.4. The summed E-state index contributed by atoms with van der Waals surface area (Å²) in [6.45, 7) is 1.44. The molecule has 0 bridgehead atoms. The Morgan fingerprint density at radius 3 is 3.00 bits per heavy atom. The number of piperidine rings is 1. The molecule has 2 fully saturated rings. The van der Waals surface area contributed by atoms with Crippen molar-refractivity contribution in [3.63, 3.8) is 0 Å². The molecule has 1 unspecified atom stereocenters. The molecule has 5 heteroatoms. The Balaban J connectivity index is 1.48. The summed E-state index contributed by atoms with van der Waals surface area (Å²) in [5.74, 6) is 1.08. The van der Waals surface area contributed by atoms with Crippen LogP contribution < -0.4 is 5.32 Å². The van der Waals surface area contributed by atoms with Crippen molar-refractivity contribution in [1.82, 2.24) is 10.2 Å². The molecule has 2 aliphatic carbocycles. The number of likely N-dealkylation sites (tertiary alicyclic amines) is 1. The Morgan fingerprint density at radius 2 is 2.26 bits per heavy atom. The van der Waals surface area contributed by atoms with E-state index in [-0.39, 0.29) is 17.2 Å². The number of nitrogens with one attached hydrogen (secondary N) is 1. The van der Waals surface area contributed by atoms with Crippen LogP contribution in [-0.4, -0.2) is 29.8 Å². The van der Waals surface area contributed by atoms with E-state index in [0.29, 0.717) is 24.6 Å². The fourth-order valence-corrected chi connectivity index (χ4v) is 3.87. The highest BCUT2D eigenvalue weighted by Gasteiger charge is 2.46. The third-order valence-corrected chi connectivity index (χ3v) is 5.38. The number of hydrogen-bond donors (Lipinski definition) is 1. The highest BCUT2D eigenvalue weighted by atomic mass is 16.3. The van der Waals surface area contributed by atoms with Gasteiger partial charge in [0.25, 0.3) is 5.91 Å². The molecule has 1 aromatic rings. The van der Waals surface area contributed by atoms with Gasteiger partial charge >= 0.3 is 0 Å². The number of carbonyl (C=O) groups is 2. The maximum atomic E-state index is 12.4. The second kappa shape index (κ2) is 5.55. The SMILES string of the molecule is O=C(NCC12CCC=C1N(CC1CC1)C(=O)CC2)c1ccco1. The van der Waals surface area contributed by atoms with Crippen LogP contribution in [0.3, 0.4) is 0 Å².